The molecular weight excluding hydrogens is 407 g/mol. The van der Waals surface area contributed by atoms with Crippen LogP contribution in [0.1, 0.15) is 12.8 Å². The summed E-state index contributed by atoms with van der Waals surface area (Å²) < 4.78 is 31.6. The average Bonchev–Trinajstić information content (AvgIpc) is 2.59. The summed E-state index contributed by atoms with van der Waals surface area (Å²) in [5.74, 6) is -0.907. The molecule has 1 aromatic carbocycles. The van der Waals surface area contributed by atoms with E-state index in [1.54, 1.807) is 0 Å². The highest BCUT2D eigenvalue weighted by Crippen LogP contribution is 2.31. The van der Waals surface area contributed by atoms with Gasteiger partial charge in [-0.1, -0.05) is 29.8 Å². The Balaban J connectivity index is 2.11. The first kappa shape index (κ1) is 20.6. The number of hydrogen-bond acceptors (Lipinski definition) is 6. The lowest BCUT2D eigenvalue weighted by atomic mass is 9.98. The summed E-state index contributed by atoms with van der Waals surface area (Å²) in [6.45, 7) is 3.47. The highest BCUT2D eigenvalue weighted by molar-refractivity contribution is 7.89. The van der Waals surface area contributed by atoms with Crippen molar-refractivity contribution in [2.24, 2.45) is 5.92 Å². The third-order valence-electron chi connectivity index (χ3n) is 3.90. The molecule has 0 spiro atoms. The maximum atomic E-state index is 12.7. The van der Waals surface area contributed by atoms with Crippen LogP contribution in [0.2, 0.25) is 5.02 Å². The first-order valence-corrected chi connectivity index (χ1v) is 9.76. The van der Waals surface area contributed by atoms with Crippen molar-refractivity contribution in [3.05, 3.63) is 44.9 Å². The van der Waals surface area contributed by atoms with Crippen molar-refractivity contribution >= 4 is 44.9 Å². The van der Waals surface area contributed by atoms with E-state index in [1.165, 1.54) is 6.07 Å². The molecule has 26 heavy (non-hydrogen) atoms. The summed E-state index contributed by atoms with van der Waals surface area (Å²) in [5.41, 5.74) is -0.368. The van der Waals surface area contributed by atoms with Crippen molar-refractivity contribution < 1.29 is 22.9 Å². The minimum Gasteiger partial charge on any atom is -0.460 e. The van der Waals surface area contributed by atoms with Gasteiger partial charge in [0.15, 0.2) is 0 Å². The number of rotatable bonds is 6. The van der Waals surface area contributed by atoms with E-state index in [9.17, 15) is 23.3 Å². The lowest BCUT2D eigenvalue weighted by Crippen LogP contribution is -2.40. The normalized spacial score (nSPS) is 16.2. The number of carbonyl (C=O) groups excluding carboxylic acids is 1. The third kappa shape index (κ3) is 4.73. The Morgan fingerprint density at radius 2 is 2.00 bits per heavy atom. The number of non-ortho nitro benzene ring substituents is 1. The van der Waals surface area contributed by atoms with Crippen LogP contribution in [0.25, 0.3) is 0 Å². The fourth-order valence-electron chi connectivity index (χ4n) is 2.54. The topological polar surface area (TPSA) is 107 Å². The Labute approximate surface area is 160 Å². The van der Waals surface area contributed by atoms with E-state index in [1.807, 2.05) is 0 Å². The molecule has 0 saturated carbocycles. The van der Waals surface area contributed by atoms with Crippen LogP contribution in [0, 0.1) is 16.0 Å². The van der Waals surface area contributed by atoms with Gasteiger partial charge in [0.25, 0.3) is 5.69 Å². The molecule has 0 unspecified atom stereocenters. The van der Waals surface area contributed by atoms with E-state index in [0.717, 1.165) is 16.4 Å². The van der Waals surface area contributed by atoms with E-state index in [4.69, 9.17) is 27.9 Å². The summed E-state index contributed by atoms with van der Waals surface area (Å²) in [5, 5.41) is 11.0. The van der Waals surface area contributed by atoms with E-state index in [0.29, 0.717) is 0 Å². The summed E-state index contributed by atoms with van der Waals surface area (Å²) in [4.78, 5) is 21.8. The van der Waals surface area contributed by atoms with Gasteiger partial charge in [-0.25, -0.2) is 8.42 Å². The van der Waals surface area contributed by atoms with Crippen molar-refractivity contribution in [3.8, 4) is 0 Å². The van der Waals surface area contributed by atoms with Gasteiger partial charge in [-0.2, -0.15) is 4.31 Å². The van der Waals surface area contributed by atoms with Crippen molar-refractivity contribution in [1.82, 2.24) is 4.31 Å². The van der Waals surface area contributed by atoms with Crippen molar-refractivity contribution in [1.29, 1.82) is 0 Å². The van der Waals surface area contributed by atoms with Crippen LogP contribution >= 0.6 is 23.2 Å². The molecule has 1 fully saturated rings. The highest BCUT2D eigenvalue weighted by Gasteiger charge is 2.34. The molecule has 1 aromatic rings. The SMILES string of the molecule is C=C(Cl)COC(=O)C1CCN(S(=O)(=O)c2cc([N+](=O)[O-])ccc2Cl)CC1. The van der Waals surface area contributed by atoms with Crippen LogP contribution in [0.15, 0.2) is 34.7 Å². The van der Waals surface area contributed by atoms with E-state index in [-0.39, 0.29) is 53.2 Å². The maximum absolute atomic E-state index is 12.7. The minimum absolute atomic E-state index is 0.0724. The fraction of sp³-hybridized carbons (Fsp3) is 0.400. The molecule has 1 aliphatic rings. The first-order valence-electron chi connectivity index (χ1n) is 7.57. The van der Waals surface area contributed by atoms with Crippen LogP contribution in [-0.2, 0) is 19.6 Å². The number of piperidine rings is 1. The number of hydrogen-bond donors (Lipinski definition) is 0. The smallest absolute Gasteiger partial charge is 0.309 e. The number of nitro benzene ring substituents is 1. The monoisotopic (exact) mass is 422 g/mol. The van der Waals surface area contributed by atoms with Crippen molar-refractivity contribution in [2.75, 3.05) is 19.7 Å². The molecular formula is C15H16Cl2N2O6S. The van der Waals surface area contributed by atoms with Gasteiger partial charge >= 0.3 is 5.97 Å². The summed E-state index contributed by atoms with van der Waals surface area (Å²) in [7, 11) is -4.01. The molecule has 8 nitrogen and oxygen atoms in total. The number of nitrogens with zero attached hydrogens (tertiary/aromatic N) is 2. The molecule has 2 rings (SSSR count). The molecule has 0 radical (unpaired) electrons. The van der Waals surface area contributed by atoms with Crippen LogP contribution in [0.4, 0.5) is 5.69 Å². The number of ether oxygens (including phenoxy) is 1. The highest BCUT2D eigenvalue weighted by atomic mass is 35.5. The Morgan fingerprint density at radius 1 is 1.38 bits per heavy atom. The van der Waals surface area contributed by atoms with E-state index in [2.05, 4.69) is 6.58 Å². The second-order valence-corrected chi connectivity index (χ2v) is 8.52. The zero-order chi connectivity index (χ0) is 19.5. The fourth-order valence-corrected chi connectivity index (χ4v) is 4.56. The molecule has 0 N–H and O–H groups in total. The lowest BCUT2D eigenvalue weighted by Gasteiger charge is -2.30. The van der Waals surface area contributed by atoms with Crippen LogP contribution < -0.4 is 0 Å². The molecule has 0 bridgehead atoms. The minimum atomic E-state index is -4.01. The van der Waals surface area contributed by atoms with E-state index >= 15 is 0 Å². The molecule has 11 heteroatoms. The van der Waals surface area contributed by atoms with Gasteiger partial charge in [-0.05, 0) is 18.9 Å². The maximum Gasteiger partial charge on any atom is 0.309 e. The predicted molar refractivity (Wildman–Crippen MR) is 95.5 cm³/mol. The van der Waals surface area contributed by atoms with Gasteiger partial charge in [0.2, 0.25) is 10.0 Å². The average molecular weight is 423 g/mol. The summed E-state index contributed by atoms with van der Waals surface area (Å²) in [6.07, 6.45) is 0.527. The Bertz CT molecular complexity index is 835. The van der Waals surface area contributed by atoms with Crippen molar-refractivity contribution in [3.63, 3.8) is 0 Å². The second-order valence-electron chi connectivity index (χ2n) is 5.68. The zero-order valence-corrected chi connectivity index (χ0v) is 15.9. The number of esters is 1. The Morgan fingerprint density at radius 3 is 2.54 bits per heavy atom. The van der Waals surface area contributed by atoms with Gasteiger partial charge in [0.05, 0.1) is 15.9 Å². The molecule has 142 valence electrons. The van der Waals surface area contributed by atoms with Gasteiger partial charge in [-0.3, -0.25) is 14.9 Å². The van der Waals surface area contributed by atoms with Gasteiger partial charge < -0.3 is 4.74 Å². The van der Waals surface area contributed by atoms with Crippen LogP contribution in [0.3, 0.4) is 0 Å². The summed E-state index contributed by atoms with van der Waals surface area (Å²) >= 11 is 11.5. The standard InChI is InChI=1S/C15H16Cl2N2O6S/c1-10(16)9-25-15(20)11-4-6-18(7-5-11)26(23,24)14-8-12(19(21)22)2-3-13(14)17/h2-3,8,11H,1,4-7,9H2. The zero-order valence-electron chi connectivity index (χ0n) is 13.6. The second kappa shape index (κ2) is 8.34. The Hall–Kier alpha value is -1.68. The number of benzene rings is 1. The van der Waals surface area contributed by atoms with Gasteiger partial charge in [0.1, 0.15) is 11.5 Å². The number of halogens is 2. The molecule has 1 saturated heterocycles. The van der Waals surface area contributed by atoms with Crippen molar-refractivity contribution in [2.45, 2.75) is 17.7 Å². The molecule has 1 heterocycles. The molecule has 0 amide bonds. The predicted octanol–water partition coefficient (Wildman–Crippen LogP) is 2.94. The molecule has 1 aliphatic heterocycles. The largest absolute Gasteiger partial charge is 0.460 e. The number of sulfonamides is 1. The lowest BCUT2D eigenvalue weighted by molar-refractivity contribution is -0.385. The third-order valence-corrected chi connectivity index (χ3v) is 6.39. The first-order chi connectivity index (χ1) is 12.1. The number of nitro groups is 1. The summed E-state index contributed by atoms with van der Waals surface area (Å²) in [6, 6.07) is 3.24. The quantitative estimate of drug-likeness (QED) is 0.396. The number of carbonyl (C=O) groups is 1. The molecule has 0 aromatic heterocycles. The molecule has 0 atom stereocenters. The van der Waals surface area contributed by atoms with Gasteiger partial charge in [0, 0.05) is 30.3 Å². The Kier molecular flexibility index (Phi) is 6.62. The van der Waals surface area contributed by atoms with Gasteiger partial charge in [-0.15, -0.1) is 0 Å². The van der Waals surface area contributed by atoms with E-state index < -0.39 is 26.8 Å². The van der Waals surface area contributed by atoms with Crippen LogP contribution in [0.5, 0.6) is 0 Å². The molecule has 0 aliphatic carbocycles. The van der Waals surface area contributed by atoms with Crippen LogP contribution in [-0.4, -0.2) is 43.3 Å².